The number of aromatic nitrogens is 2. The van der Waals surface area contributed by atoms with E-state index in [0.29, 0.717) is 17.8 Å². The number of nitrogens with zero attached hydrogens (tertiary/aromatic N) is 2. The Morgan fingerprint density at radius 1 is 1.04 bits per heavy atom. The first-order valence-electron chi connectivity index (χ1n) is 8.55. The summed E-state index contributed by atoms with van der Waals surface area (Å²) in [5.74, 6) is -1.22. The van der Waals surface area contributed by atoms with Crippen molar-refractivity contribution in [3.05, 3.63) is 82.7 Å². The maximum absolute atomic E-state index is 13.1. The highest BCUT2D eigenvalue weighted by atomic mass is 19.1. The van der Waals surface area contributed by atoms with Gasteiger partial charge >= 0.3 is 0 Å². The van der Waals surface area contributed by atoms with Gasteiger partial charge in [0, 0.05) is 17.8 Å². The average molecular weight is 385 g/mol. The minimum atomic E-state index is -0.878. The predicted octanol–water partition coefficient (Wildman–Crippen LogP) is 3.31. The maximum Gasteiger partial charge on any atom is 0.271 e. The number of ether oxygens (including phenoxy) is 1. The lowest BCUT2D eigenvalue weighted by Gasteiger charge is -2.17. The molecule has 0 radical (unpaired) electrons. The van der Waals surface area contributed by atoms with E-state index in [4.69, 9.17) is 4.74 Å². The molecule has 0 fully saturated rings. The van der Waals surface area contributed by atoms with Crippen molar-refractivity contribution < 1.29 is 18.3 Å². The third kappa shape index (κ3) is 4.59. The Hall–Kier alpha value is -3.55. The van der Waals surface area contributed by atoms with Gasteiger partial charge in [0.05, 0.1) is 5.69 Å². The predicted molar refractivity (Wildman–Crippen MR) is 99.5 cm³/mol. The molecule has 28 heavy (non-hydrogen) atoms. The highest BCUT2D eigenvalue weighted by Gasteiger charge is 2.20. The third-order valence-electron chi connectivity index (χ3n) is 3.88. The van der Waals surface area contributed by atoms with Crippen LogP contribution in [0.15, 0.2) is 65.5 Å². The molecule has 0 aliphatic carbocycles. The molecular formula is C20H17F2N3O3. The number of amides is 1. The Bertz CT molecular complexity index is 1020. The van der Waals surface area contributed by atoms with Crippen LogP contribution in [0.25, 0.3) is 5.69 Å². The molecule has 144 valence electrons. The van der Waals surface area contributed by atoms with Crippen molar-refractivity contribution in [1.29, 1.82) is 0 Å². The van der Waals surface area contributed by atoms with Gasteiger partial charge in [-0.2, -0.15) is 4.68 Å². The van der Waals surface area contributed by atoms with E-state index >= 15 is 0 Å². The van der Waals surface area contributed by atoms with Gasteiger partial charge in [-0.15, -0.1) is 5.10 Å². The summed E-state index contributed by atoms with van der Waals surface area (Å²) in [5, 5.41) is 6.73. The molecule has 1 amide bonds. The fourth-order valence-electron chi connectivity index (χ4n) is 2.45. The minimum absolute atomic E-state index is 0.0602. The molecule has 0 aliphatic rings. The lowest BCUT2D eigenvalue weighted by molar-refractivity contribution is -0.123. The van der Waals surface area contributed by atoms with E-state index in [9.17, 15) is 18.4 Å². The zero-order valence-electron chi connectivity index (χ0n) is 14.9. The molecule has 0 saturated heterocycles. The molecule has 0 bridgehead atoms. The Labute approximate surface area is 159 Å². The number of hydrogen-bond donors (Lipinski definition) is 1. The molecule has 1 N–H and O–H groups in total. The minimum Gasteiger partial charge on any atom is -0.463 e. The zero-order valence-corrected chi connectivity index (χ0v) is 14.9. The Kier molecular flexibility index (Phi) is 5.78. The number of anilines is 1. The van der Waals surface area contributed by atoms with Crippen LogP contribution in [0.3, 0.4) is 0 Å². The van der Waals surface area contributed by atoms with Gasteiger partial charge < -0.3 is 10.1 Å². The van der Waals surface area contributed by atoms with Crippen LogP contribution >= 0.6 is 0 Å². The summed E-state index contributed by atoms with van der Waals surface area (Å²) in [4.78, 5) is 24.5. The number of carbonyl (C=O) groups excluding carboxylic acids is 1. The van der Waals surface area contributed by atoms with Gasteiger partial charge in [0.2, 0.25) is 5.88 Å². The number of hydrogen-bond acceptors (Lipinski definition) is 4. The molecule has 3 aromatic rings. The van der Waals surface area contributed by atoms with Crippen LogP contribution in [0.4, 0.5) is 14.5 Å². The second-order valence-electron chi connectivity index (χ2n) is 5.91. The molecule has 3 rings (SSSR count). The molecular weight excluding hydrogens is 368 g/mol. The van der Waals surface area contributed by atoms with Crippen LogP contribution in [0, 0.1) is 11.6 Å². The fourth-order valence-corrected chi connectivity index (χ4v) is 2.45. The van der Waals surface area contributed by atoms with Crippen LogP contribution in [-0.2, 0) is 4.79 Å². The van der Waals surface area contributed by atoms with Crippen LogP contribution in [0.2, 0.25) is 0 Å². The second kappa shape index (κ2) is 8.43. The number of rotatable bonds is 6. The normalized spacial score (nSPS) is 11.7. The van der Waals surface area contributed by atoms with Crippen LogP contribution in [-0.4, -0.2) is 21.8 Å². The Morgan fingerprint density at radius 3 is 2.25 bits per heavy atom. The molecule has 8 heteroatoms. The van der Waals surface area contributed by atoms with Gasteiger partial charge in [-0.05, 0) is 55.0 Å². The van der Waals surface area contributed by atoms with Crippen molar-refractivity contribution in [2.45, 2.75) is 19.4 Å². The van der Waals surface area contributed by atoms with Gasteiger partial charge in [-0.25, -0.2) is 8.78 Å². The highest BCUT2D eigenvalue weighted by Crippen LogP contribution is 2.14. The van der Waals surface area contributed by atoms with Gasteiger partial charge in [0.15, 0.2) is 6.10 Å². The van der Waals surface area contributed by atoms with E-state index in [1.54, 1.807) is 6.92 Å². The molecule has 1 aromatic heterocycles. The van der Waals surface area contributed by atoms with Crippen LogP contribution in [0.1, 0.15) is 13.3 Å². The number of halogens is 2. The van der Waals surface area contributed by atoms with Gasteiger partial charge in [0.25, 0.3) is 11.5 Å². The third-order valence-corrected chi connectivity index (χ3v) is 3.88. The first kappa shape index (κ1) is 19.2. The van der Waals surface area contributed by atoms with Crippen molar-refractivity contribution in [3.8, 4) is 11.6 Å². The van der Waals surface area contributed by atoms with Crippen molar-refractivity contribution in [2.24, 2.45) is 0 Å². The molecule has 6 nitrogen and oxygen atoms in total. The number of carbonyl (C=O) groups is 1. The first-order valence-corrected chi connectivity index (χ1v) is 8.55. The quantitative estimate of drug-likeness (QED) is 0.707. The smallest absolute Gasteiger partial charge is 0.271 e. The summed E-state index contributed by atoms with van der Waals surface area (Å²) < 4.78 is 32.8. The SMILES string of the molecule is CC[C@@H](Oc1ccc(=O)n(-c2ccc(F)cc2)n1)C(=O)Nc1ccc(F)cc1. The van der Waals surface area contributed by atoms with E-state index in [0.717, 1.165) is 4.68 Å². The summed E-state index contributed by atoms with van der Waals surface area (Å²) >= 11 is 0. The van der Waals surface area contributed by atoms with E-state index in [1.807, 2.05) is 0 Å². The Morgan fingerprint density at radius 2 is 1.64 bits per heavy atom. The molecule has 0 unspecified atom stereocenters. The van der Waals surface area contributed by atoms with E-state index in [-0.39, 0.29) is 5.88 Å². The van der Waals surface area contributed by atoms with Crippen molar-refractivity contribution >= 4 is 11.6 Å². The fraction of sp³-hybridized carbons (Fsp3) is 0.150. The van der Waals surface area contributed by atoms with E-state index in [2.05, 4.69) is 10.4 Å². The lowest BCUT2D eigenvalue weighted by Crippen LogP contribution is -2.33. The molecule has 0 saturated carbocycles. The van der Waals surface area contributed by atoms with Gasteiger partial charge in [-0.1, -0.05) is 6.92 Å². The highest BCUT2D eigenvalue weighted by molar-refractivity contribution is 5.94. The van der Waals surface area contributed by atoms with Crippen molar-refractivity contribution in [3.63, 3.8) is 0 Å². The summed E-state index contributed by atoms with van der Waals surface area (Å²) in [5.41, 5.74) is 0.362. The van der Waals surface area contributed by atoms with E-state index < -0.39 is 29.2 Å². The molecule has 0 spiro atoms. The first-order chi connectivity index (χ1) is 13.5. The topological polar surface area (TPSA) is 73.2 Å². The molecule has 0 aliphatic heterocycles. The summed E-state index contributed by atoms with van der Waals surface area (Å²) in [7, 11) is 0. The second-order valence-corrected chi connectivity index (χ2v) is 5.91. The molecule has 1 heterocycles. The van der Waals surface area contributed by atoms with E-state index in [1.165, 1.54) is 60.7 Å². The average Bonchev–Trinajstić information content (AvgIpc) is 2.69. The zero-order chi connectivity index (χ0) is 20.1. The number of nitrogens with one attached hydrogen (secondary N) is 1. The van der Waals surface area contributed by atoms with Gasteiger partial charge in [0.1, 0.15) is 11.6 Å². The maximum atomic E-state index is 13.1. The summed E-state index contributed by atoms with van der Waals surface area (Å²) in [6.07, 6.45) is -0.540. The lowest BCUT2D eigenvalue weighted by atomic mass is 10.2. The largest absolute Gasteiger partial charge is 0.463 e. The molecule has 1 atom stereocenters. The van der Waals surface area contributed by atoms with Crippen LogP contribution < -0.4 is 15.6 Å². The standard InChI is InChI=1S/C20H17F2N3O3/c1-2-17(20(27)23-15-7-3-13(21)4-8-15)28-18-11-12-19(26)25(24-18)16-9-5-14(22)6-10-16/h3-12,17H,2H2,1H3,(H,23,27)/t17-/m1/s1. The monoisotopic (exact) mass is 385 g/mol. The Balaban J connectivity index is 1.78. The number of benzene rings is 2. The van der Waals surface area contributed by atoms with Crippen molar-refractivity contribution in [2.75, 3.05) is 5.32 Å². The summed E-state index contributed by atoms with van der Waals surface area (Å²) in [6.45, 7) is 1.75. The van der Waals surface area contributed by atoms with Crippen LogP contribution in [0.5, 0.6) is 5.88 Å². The van der Waals surface area contributed by atoms with Crippen molar-refractivity contribution in [1.82, 2.24) is 9.78 Å². The summed E-state index contributed by atoms with van der Waals surface area (Å²) in [6, 6.07) is 13.2. The van der Waals surface area contributed by atoms with Gasteiger partial charge in [-0.3, -0.25) is 9.59 Å². The molecule has 2 aromatic carbocycles.